The van der Waals surface area contributed by atoms with E-state index in [1.165, 1.54) is 6.20 Å². The van der Waals surface area contributed by atoms with Gasteiger partial charge >= 0.3 is 0 Å². The minimum Gasteiger partial charge on any atom is -0.478 e. The van der Waals surface area contributed by atoms with Gasteiger partial charge in [-0.2, -0.15) is 5.10 Å². The smallest absolute Gasteiger partial charge is 0.295 e. The van der Waals surface area contributed by atoms with Crippen LogP contribution in [0.25, 0.3) is 11.3 Å². The molecule has 3 rings (SSSR count). The molecular weight excluding hydrogens is 360 g/mol. The quantitative estimate of drug-likeness (QED) is 0.597. The molecule has 0 aliphatic heterocycles. The van der Waals surface area contributed by atoms with E-state index in [0.717, 1.165) is 11.3 Å². The van der Waals surface area contributed by atoms with E-state index in [4.69, 9.17) is 9.57 Å². The average molecular weight is 382 g/mol. The number of nitrogens with one attached hydrogen (secondary N) is 1. The second-order valence-electron chi connectivity index (χ2n) is 6.19. The Labute approximate surface area is 162 Å². The number of hydrogen-bond acceptors (Lipinski definition) is 7. The van der Waals surface area contributed by atoms with Crippen molar-refractivity contribution in [2.24, 2.45) is 0 Å². The van der Waals surface area contributed by atoms with Crippen molar-refractivity contribution in [2.45, 2.75) is 33.4 Å². The summed E-state index contributed by atoms with van der Waals surface area (Å²) in [5, 5.41) is 4.22. The number of hydrogen-bond donors (Lipinski definition) is 1. The second-order valence-corrected chi connectivity index (χ2v) is 6.19. The van der Waals surface area contributed by atoms with Crippen LogP contribution in [0.1, 0.15) is 43.0 Å². The summed E-state index contributed by atoms with van der Waals surface area (Å²) in [6.45, 7) is 6.67. The number of amides is 1. The molecule has 0 aliphatic rings. The van der Waals surface area contributed by atoms with Crippen LogP contribution >= 0.6 is 0 Å². The van der Waals surface area contributed by atoms with Crippen molar-refractivity contribution < 1.29 is 14.4 Å². The second kappa shape index (κ2) is 9.05. The lowest BCUT2D eigenvalue weighted by Gasteiger charge is -2.11. The molecule has 0 saturated heterocycles. The van der Waals surface area contributed by atoms with Crippen LogP contribution in [0, 0.1) is 0 Å². The number of carbonyl (C=O) groups excluding carboxylic acids is 1. The zero-order valence-electron chi connectivity index (χ0n) is 16.0. The summed E-state index contributed by atoms with van der Waals surface area (Å²) in [5.41, 5.74) is 4.65. The molecule has 28 heavy (non-hydrogen) atoms. The molecule has 0 saturated carbocycles. The molecule has 1 amide bonds. The Morgan fingerprint density at radius 2 is 2.07 bits per heavy atom. The first-order chi connectivity index (χ1) is 13.6. The van der Waals surface area contributed by atoms with E-state index < -0.39 is 5.91 Å². The predicted octanol–water partition coefficient (Wildman–Crippen LogP) is 2.58. The first kappa shape index (κ1) is 19.4. The number of pyridine rings is 1. The van der Waals surface area contributed by atoms with Crippen LogP contribution in [0.15, 0.2) is 43.0 Å². The van der Waals surface area contributed by atoms with Crippen LogP contribution in [0.4, 0.5) is 0 Å². The summed E-state index contributed by atoms with van der Waals surface area (Å²) in [6, 6.07) is 5.60. The van der Waals surface area contributed by atoms with Crippen LogP contribution in [0.2, 0.25) is 0 Å². The number of hydroxylamine groups is 1. The van der Waals surface area contributed by atoms with Crippen LogP contribution in [-0.2, 0) is 11.4 Å². The summed E-state index contributed by atoms with van der Waals surface area (Å²) in [4.78, 5) is 30.2. The molecule has 9 nitrogen and oxygen atoms in total. The normalized spacial score (nSPS) is 10.9. The lowest BCUT2D eigenvalue weighted by atomic mass is 10.2. The molecule has 0 bridgehead atoms. The summed E-state index contributed by atoms with van der Waals surface area (Å²) in [5.74, 6) is 0.0472. The highest BCUT2D eigenvalue weighted by molar-refractivity contribution is 5.91. The van der Waals surface area contributed by atoms with Gasteiger partial charge in [-0.1, -0.05) is 0 Å². The van der Waals surface area contributed by atoms with E-state index in [0.29, 0.717) is 18.2 Å². The fourth-order valence-corrected chi connectivity index (χ4v) is 2.53. The zero-order valence-corrected chi connectivity index (χ0v) is 16.0. The number of ether oxygens (including phenoxy) is 1. The maximum atomic E-state index is 12.3. The van der Waals surface area contributed by atoms with Gasteiger partial charge in [0, 0.05) is 30.1 Å². The summed E-state index contributed by atoms with van der Waals surface area (Å²) in [6.07, 6.45) is 6.26. The van der Waals surface area contributed by atoms with E-state index >= 15 is 0 Å². The first-order valence-electron chi connectivity index (χ1n) is 8.94. The molecule has 146 valence electrons. The maximum absolute atomic E-state index is 12.3. The largest absolute Gasteiger partial charge is 0.478 e. The van der Waals surface area contributed by atoms with Crippen molar-refractivity contribution in [1.82, 2.24) is 30.2 Å². The van der Waals surface area contributed by atoms with Gasteiger partial charge in [-0.05, 0) is 32.9 Å². The van der Waals surface area contributed by atoms with E-state index in [2.05, 4.69) is 25.5 Å². The van der Waals surface area contributed by atoms with Crippen LogP contribution < -0.4 is 10.2 Å². The van der Waals surface area contributed by atoms with E-state index in [1.807, 2.05) is 37.6 Å². The van der Waals surface area contributed by atoms with Gasteiger partial charge in [0.1, 0.15) is 12.3 Å². The van der Waals surface area contributed by atoms with Crippen molar-refractivity contribution in [3.8, 4) is 17.1 Å². The number of rotatable bonds is 8. The Bertz CT molecular complexity index is 923. The fourth-order valence-electron chi connectivity index (χ4n) is 2.53. The number of aromatic nitrogens is 5. The third-order valence-electron chi connectivity index (χ3n) is 3.82. The number of carbonyl (C=O) groups is 1. The third-order valence-corrected chi connectivity index (χ3v) is 3.82. The molecule has 0 radical (unpaired) electrons. The molecule has 0 aliphatic carbocycles. The zero-order chi connectivity index (χ0) is 19.9. The number of nitrogens with zero attached hydrogens (tertiary/aromatic N) is 5. The summed E-state index contributed by atoms with van der Waals surface area (Å²) in [7, 11) is 0. The van der Waals surface area contributed by atoms with Crippen LogP contribution in [0.5, 0.6) is 5.88 Å². The van der Waals surface area contributed by atoms with Gasteiger partial charge in [-0.3, -0.25) is 19.3 Å². The maximum Gasteiger partial charge on any atom is 0.295 e. The molecule has 0 fully saturated rings. The molecule has 1 N–H and O–H groups in total. The van der Waals surface area contributed by atoms with Gasteiger partial charge in [0.05, 0.1) is 30.4 Å². The van der Waals surface area contributed by atoms with Gasteiger partial charge < -0.3 is 4.74 Å². The SMILES string of the molecule is CCOc1ccc(-c2cncc(C(=O)NOCc3ccnn3C(C)C)n2)cn1. The molecule has 0 spiro atoms. The molecule has 0 atom stereocenters. The molecule has 0 aromatic carbocycles. The van der Waals surface area contributed by atoms with Crippen LogP contribution in [0.3, 0.4) is 0 Å². The highest BCUT2D eigenvalue weighted by atomic mass is 16.7. The molecule has 3 heterocycles. The molecule has 3 aromatic rings. The minimum absolute atomic E-state index is 0.142. The van der Waals surface area contributed by atoms with Gasteiger partial charge in [0.2, 0.25) is 5.88 Å². The molecule has 3 aromatic heterocycles. The Hall–Kier alpha value is -3.33. The summed E-state index contributed by atoms with van der Waals surface area (Å²) >= 11 is 0. The molecule has 0 unspecified atom stereocenters. The van der Waals surface area contributed by atoms with E-state index in [1.54, 1.807) is 24.7 Å². The van der Waals surface area contributed by atoms with Crippen molar-refractivity contribution >= 4 is 5.91 Å². The van der Waals surface area contributed by atoms with E-state index in [9.17, 15) is 4.79 Å². The molecular formula is C19H22N6O3. The Morgan fingerprint density at radius 1 is 1.21 bits per heavy atom. The van der Waals surface area contributed by atoms with Crippen molar-refractivity contribution in [3.63, 3.8) is 0 Å². The van der Waals surface area contributed by atoms with Crippen LogP contribution in [-0.4, -0.2) is 37.2 Å². The van der Waals surface area contributed by atoms with Crippen molar-refractivity contribution in [2.75, 3.05) is 6.61 Å². The van der Waals surface area contributed by atoms with Crippen molar-refractivity contribution in [1.29, 1.82) is 0 Å². The monoisotopic (exact) mass is 382 g/mol. The fraction of sp³-hybridized carbons (Fsp3) is 0.316. The van der Waals surface area contributed by atoms with Gasteiger partial charge in [-0.15, -0.1) is 0 Å². The van der Waals surface area contributed by atoms with Crippen molar-refractivity contribution in [3.05, 3.63) is 54.4 Å². The first-order valence-corrected chi connectivity index (χ1v) is 8.94. The highest BCUT2D eigenvalue weighted by Gasteiger charge is 2.12. The van der Waals surface area contributed by atoms with Gasteiger partial charge in [0.15, 0.2) is 0 Å². The van der Waals surface area contributed by atoms with Gasteiger partial charge in [-0.25, -0.2) is 15.4 Å². The van der Waals surface area contributed by atoms with E-state index in [-0.39, 0.29) is 18.3 Å². The highest BCUT2D eigenvalue weighted by Crippen LogP contribution is 2.18. The minimum atomic E-state index is -0.483. The standard InChI is InChI=1S/C19H22N6O3/c1-4-27-18-6-5-14(9-21-18)16-10-20-11-17(23-16)19(26)24-28-12-15-7-8-22-25(15)13(2)3/h5-11,13H,4,12H2,1-3H3,(H,24,26). The van der Waals surface area contributed by atoms with Gasteiger partial charge in [0.25, 0.3) is 5.91 Å². The Morgan fingerprint density at radius 3 is 2.79 bits per heavy atom. The molecule has 9 heteroatoms. The summed E-state index contributed by atoms with van der Waals surface area (Å²) < 4.78 is 7.15. The predicted molar refractivity (Wildman–Crippen MR) is 101 cm³/mol. The lowest BCUT2D eigenvalue weighted by molar-refractivity contribution is 0.0202. The topological polar surface area (TPSA) is 104 Å². The third kappa shape index (κ3) is 4.68. The Kier molecular flexibility index (Phi) is 6.28. The lowest BCUT2D eigenvalue weighted by Crippen LogP contribution is -2.25. The average Bonchev–Trinajstić information content (AvgIpc) is 3.18. The Balaban J connectivity index is 1.63.